The number of nitro groups is 1. The molecule has 0 radical (unpaired) electrons. The van der Waals surface area contributed by atoms with Gasteiger partial charge in [0.2, 0.25) is 0 Å². The highest BCUT2D eigenvalue weighted by Crippen LogP contribution is 2.21. The molecule has 0 heterocycles. The minimum atomic E-state index is -0.470. The molecular weight excluding hydrogens is 336 g/mol. The van der Waals surface area contributed by atoms with Crippen LogP contribution in [0.15, 0.2) is 18.2 Å². The van der Waals surface area contributed by atoms with Gasteiger partial charge in [-0.2, -0.15) is 0 Å². The van der Waals surface area contributed by atoms with Crippen LogP contribution < -0.4 is 0 Å². The molecule has 0 atom stereocenters. The van der Waals surface area contributed by atoms with E-state index in [1.165, 1.54) is 12.1 Å². The first-order chi connectivity index (χ1) is 9.96. The summed E-state index contributed by atoms with van der Waals surface area (Å²) in [5.74, 6) is -0.135. The van der Waals surface area contributed by atoms with Crippen LogP contribution in [0.5, 0.6) is 0 Å². The molecule has 116 valence electrons. The van der Waals surface area contributed by atoms with Crippen molar-refractivity contribution >= 4 is 27.5 Å². The molecule has 0 saturated carbocycles. The van der Waals surface area contributed by atoms with Gasteiger partial charge >= 0.3 is 0 Å². The molecule has 1 amide bonds. The number of alkyl halides is 1. The number of aryl methyl sites for hydroxylation is 1. The molecule has 1 aromatic rings. The summed E-state index contributed by atoms with van der Waals surface area (Å²) in [4.78, 5) is 25.0. The molecule has 1 aromatic carbocycles. The van der Waals surface area contributed by atoms with Crippen molar-refractivity contribution in [2.24, 2.45) is 0 Å². The number of amides is 1. The molecule has 0 spiro atoms. The number of hydrogen-bond acceptors (Lipinski definition) is 3. The Hall–Kier alpha value is -1.43. The van der Waals surface area contributed by atoms with Gasteiger partial charge in [-0.3, -0.25) is 14.9 Å². The van der Waals surface area contributed by atoms with E-state index in [-0.39, 0.29) is 17.6 Å². The number of rotatable bonds is 7. The van der Waals surface area contributed by atoms with Gasteiger partial charge in [-0.25, -0.2) is 0 Å². The van der Waals surface area contributed by atoms with Crippen LogP contribution in [0.4, 0.5) is 5.69 Å². The molecule has 21 heavy (non-hydrogen) atoms. The number of carbonyl (C=O) groups is 1. The summed E-state index contributed by atoms with van der Waals surface area (Å²) in [6, 6.07) is 4.58. The highest BCUT2D eigenvalue weighted by Gasteiger charge is 2.24. The Kier molecular flexibility index (Phi) is 6.81. The fraction of sp³-hybridized carbons (Fsp3) is 0.533. The first kappa shape index (κ1) is 17.6. The van der Waals surface area contributed by atoms with E-state index in [9.17, 15) is 14.9 Å². The van der Waals surface area contributed by atoms with Gasteiger partial charge in [0.1, 0.15) is 0 Å². The molecule has 0 aliphatic rings. The van der Waals surface area contributed by atoms with Gasteiger partial charge in [0.25, 0.3) is 11.6 Å². The van der Waals surface area contributed by atoms with Crippen molar-refractivity contribution in [3.8, 4) is 0 Å². The summed E-state index contributed by atoms with van der Waals surface area (Å²) in [5, 5.41) is 11.6. The van der Waals surface area contributed by atoms with E-state index in [4.69, 9.17) is 0 Å². The maximum absolute atomic E-state index is 12.8. The predicted molar refractivity (Wildman–Crippen MR) is 87.0 cm³/mol. The molecule has 6 heteroatoms. The van der Waals surface area contributed by atoms with Crippen LogP contribution in [0, 0.1) is 17.0 Å². The average molecular weight is 357 g/mol. The van der Waals surface area contributed by atoms with Crippen LogP contribution in [0.3, 0.4) is 0 Å². The molecule has 0 unspecified atom stereocenters. The van der Waals surface area contributed by atoms with Crippen LogP contribution in [-0.2, 0) is 0 Å². The second-order valence-corrected chi connectivity index (χ2v) is 5.71. The van der Waals surface area contributed by atoms with Crippen LogP contribution in [-0.4, -0.2) is 33.6 Å². The van der Waals surface area contributed by atoms with E-state index in [0.29, 0.717) is 17.4 Å². The van der Waals surface area contributed by atoms with E-state index < -0.39 is 4.92 Å². The Morgan fingerprint density at radius 1 is 1.38 bits per heavy atom. The van der Waals surface area contributed by atoms with Gasteiger partial charge in [0.05, 0.1) is 4.92 Å². The Bertz CT molecular complexity index is 516. The molecule has 0 saturated heterocycles. The highest BCUT2D eigenvalue weighted by molar-refractivity contribution is 9.09. The van der Waals surface area contributed by atoms with Crippen LogP contribution in [0.2, 0.25) is 0 Å². The first-order valence-corrected chi connectivity index (χ1v) is 8.20. The maximum atomic E-state index is 12.8. The number of nitro benzene ring substituents is 1. The van der Waals surface area contributed by atoms with Crippen molar-refractivity contribution in [3.63, 3.8) is 0 Å². The van der Waals surface area contributed by atoms with Crippen molar-refractivity contribution in [3.05, 3.63) is 39.4 Å². The number of halogens is 1. The summed E-state index contributed by atoms with van der Waals surface area (Å²) < 4.78 is 0. The van der Waals surface area contributed by atoms with Crippen molar-refractivity contribution in [1.82, 2.24) is 4.90 Å². The molecule has 0 aromatic heterocycles. The van der Waals surface area contributed by atoms with Gasteiger partial charge in [-0.05, 0) is 25.3 Å². The number of nitrogens with zero attached hydrogens (tertiary/aromatic N) is 2. The van der Waals surface area contributed by atoms with E-state index in [2.05, 4.69) is 15.9 Å². The second-order valence-electron chi connectivity index (χ2n) is 4.91. The zero-order valence-corrected chi connectivity index (χ0v) is 14.2. The Morgan fingerprint density at radius 2 is 2.00 bits per heavy atom. The highest BCUT2D eigenvalue weighted by atomic mass is 79.9. The van der Waals surface area contributed by atoms with Crippen molar-refractivity contribution < 1.29 is 9.72 Å². The van der Waals surface area contributed by atoms with Gasteiger partial charge in [-0.15, -0.1) is 0 Å². The fourth-order valence-electron chi connectivity index (χ4n) is 2.38. The number of non-ortho nitro benzene ring substituents is 1. The first-order valence-electron chi connectivity index (χ1n) is 7.08. The minimum Gasteiger partial charge on any atom is -0.335 e. The Morgan fingerprint density at radius 3 is 2.48 bits per heavy atom. The summed E-state index contributed by atoms with van der Waals surface area (Å²) in [7, 11) is 0. The molecule has 5 nitrogen and oxygen atoms in total. The summed E-state index contributed by atoms with van der Waals surface area (Å²) >= 11 is 3.37. The normalized spacial score (nSPS) is 10.7. The molecule has 1 rings (SSSR count). The monoisotopic (exact) mass is 356 g/mol. The zero-order chi connectivity index (χ0) is 16.0. The van der Waals surface area contributed by atoms with Crippen molar-refractivity contribution in [1.29, 1.82) is 0 Å². The third-order valence-corrected chi connectivity index (χ3v) is 3.99. The van der Waals surface area contributed by atoms with Gasteiger partial charge in [-0.1, -0.05) is 35.8 Å². The van der Waals surface area contributed by atoms with Crippen LogP contribution >= 0.6 is 15.9 Å². The number of hydrogen-bond donors (Lipinski definition) is 0. The number of benzene rings is 1. The van der Waals surface area contributed by atoms with Crippen molar-refractivity contribution in [2.45, 2.75) is 39.7 Å². The molecule has 0 aliphatic carbocycles. The second kappa shape index (κ2) is 8.12. The fourth-order valence-corrected chi connectivity index (χ4v) is 2.76. The summed E-state index contributed by atoms with van der Waals surface area (Å²) in [6.45, 7) is 6.48. The Labute approximate surface area is 133 Å². The topological polar surface area (TPSA) is 63.5 Å². The predicted octanol–water partition coefficient (Wildman–Crippen LogP) is 3.93. The molecule has 0 bridgehead atoms. The van der Waals surface area contributed by atoms with E-state index in [1.54, 1.807) is 17.9 Å². The average Bonchev–Trinajstić information content (AvgIpc) is 2.47. The lowest BCUT2D eigenvalue weighted by Gasteiger charge is -2.30. The summed E-state index contributed by atoms with van der Waals surface area (Å²) in [5.41, 5.74) is 1.13. The third-order valence-electron chi connectivity index (χ3n) is 3.63. The quantitative estimate of drug-likeness (QED) is 0.422. The maximum Gasteiger partial charge on any atom is 0.270 e. The lowest BCUT2D eigenvalue weighted by atomic mass is 10.0. The minimum absolute atomic E-state index is 0.0488. The third kappa shape index (κ3) is 4.27. The summed E-state index contributed by atoms with van der Waals surface area (Å²) in [6.07, 6.45) is 1.73. The molecule has 0 fully saturated rings. The van der Waals surface area contributed by atoms with E-state index in [0.717, 1.165) is 18.4 Å². The van der Waals surface area contributed by atoms with Gasteiger partial charge in [0.15, 0.2) is 0 Å². The number of carbonyl (C=O) groups excluding carboxylic acids is 1. The van der Waals surface area contributed by atoms with Crippen molar-refractivity contribution in [2.75, 3.05) is 11.9 Å². The smallest absolute Gasteiger partial charge is 0.270 e. The zero-order valence-electron chi connectivity index (χ0n) is 12.6. The lowest BCUT2D eigenvalue weighted by Crippen LogP contribution is -2.41. The van der Waals surface area contributed by atoms with Gasteiger partial charge in [0, 0.05) is 35.6 Å². The van der Waals surface area contributed by atoms with Crippen LogP contribution in [0.25, 0.3) is 0 Å². The SMILES string of the molecule is CCC(CC)N(CCBr)C(=O)c1cc([N+](=O)[O-])ccc1C. The van der Waals surface area contributed by atoms with E-state index >= 15 is 0 Å². The standard InChI is InChI=1S/C15H21BrN2O3/c1-4-12(5-2)17(9-8-16)15(19)14-10-13(18(20)21)7-6-11(14)3/h6-7,10,12H,4-5,8-9H2,1-3H3. The molecular formula is C15H21BrN2O3. The van der Waals surface area contributed by atoms with Crippen LogP contribution in [0.1, 0.15) is 42.6 Å². The Balaban J connectivity index is 3.19. The van der Waals surface area contributed by atoms with E-state index in [1.807, 2.05) is 13.8 Å². The largest absolute Gasteiger partial charge is 0.335 e. The molecule has 0 aliphatic heterocycles. The lowest BCUT2D eigenvalue weighted by molar-refractivity contribution is -0.384. The molecule has 0 N–H and O–H groups in total. The van der Waals surface area contributed by atoms with Gasteiger partial charge < -0.3 is 4.90 Å².